The smallest absolute Gasteiger partial charge is 0.410 e. The summed E-state index contributed by atoms with van der Waals surface area (Å²) in [5.41, 5.74) is 0.779. The van der Waals surface area contributed by atoms with Crippen LogP contribution in [0.4, 0.5) is 4.79 Å². The van der Waals surface area contributed by atoms with Crippen molar-refractivity contribution < 1.29 is 14.6 Å². The van der Waals surface area contributed by atoms with E-state index < -0.39 is 0 Å². The van der Waals surface area contributed by atoms with Crippen molar-refractivity contribution in [2.75, 3.05) is 6.54 Å². The highest BCUT2D eigenvalue weighted by atomic mass is 16.6. The zero-order valence-electron chi connectivity index (χ0n) is 14.6. The predicted molar refractivity (Wildman–Crippen MR) is 97.4 cm³/mol. The van der Waals surface area contributed by atoms with E-state index in [4.69, 9.17) is 4.74 Å². The molecule has 2 fully saturated rings. The van der Waals surface area contributed by atoms with Crippen LogP contribution in [0.2, 0.25) is 0 Å². The quantitative estimate of drug-likeness (QED) is 0.881. The summed E-state index contributed by atoms with van der Waals surface area (Å²) in [6.07, 6.45) is 3.41. The summed E-state index contributed by atoms with van der Waals surface area (Å²) in [6.45, 7) is 2.77. The molecule has 1 atom stereocenters. The number of aliphatic hydroxyl groups excluding tert-OH is 1. The summed E-state index contributed by atoms with van der Waals surface area (Å²) in [6, 6.07) is 14.6. The minimum absolute atomic E-state index is 0.0105. The van der Waals surface area contributed by atoms with Crippen molar-refractivity contribution in [1.29, 1.82) is 0 Å². The molecule has 1 unspecified atom stereocenters. The summed E-state index contributed by atoms with van der Waals surface area (Å²) < 4.78 is 5.88. The van der Waals surface area contributed by atoms with Gasteiger partial charge in [-0.05, 0) is 55.0 Å². The van der Waals surface area contributed by atoms with E-state index in [1.807, 2.05) is 17.0 Å². The fourth-order valence-electron chi connectivity index (χ4n) is 4.19. The standard InChI is InChI=1S/C21H25NO3/c1-15(17-7-6-16-4-2-3-5-18(16)14-17)22-13-12-21(25-20(22)24)10-8-19(23)9-11-21/h2-7,14-15,19,23H,8-13H2,1H3. The van der Waals surface area contributed by atoms with Gasteiger partial charge in [0.05, 0.1) is 12.1 Å². The minimum Gasteiger partial charge on any atom is -0.443 e. The molecule has 1 aliphatic heterocycles. The van der Waals surface area contributed by atoms with Gasteiger partial charge in [-0.2, -0.15) is 0 Å². The van der Waals surface area contributed by atoms with E-state index in [2.05, 4.69) is 37.3 Å². The van der Waals surface area contributed by atoms with E-state index in [1.165, 1.54) is 10.8 Å². The monoisotopic (exact) mass is 339 g/mol. The van der Waals surface area contributed by atoms with Gasteiger partial charge >= 0.3 is 6.09 Å². The highest BCUT2D eigenvalue weighted by Gasteiger charge is 2.44. The Morgan fingerprint density at radius 3 is 2.56 bits per heavy atom. The molecule has 1 heterocycles. The average Bonchev–Trinajstić information content (AvgIpc) is 2.64. The van der Waals surface area contributed by atoms with E-state index >= 15 is 0 Å². The molecule has 1 amide bonds. The van der Waals surface area contributed by atoms with E-state index in [-0.39, 0.29) is 23.8 Å². The Bertz CT molecular complexity index is 780. The number of rotatable bonds is 2. The predicted octanol–water partition coefficient (Wildman–Crippen LogP) is 4.42. The summed E-state index contributed by atoms with van der Waals surface area (Å²) >= 11 is 0. The van der Waals surface area contributed by atoms with Gasteiger partial charge in [-0.25, -0.2) is 4.79 Å². The average molecular weight is 339 g/mol. The Hall–Kier alpha value is -2.07. The maximum absolute atomic E-state index is 12.7. The van der Waals surface area contributed by atoms with Gasteiger partial charge in [0, 0.05) is 13.0 Å². The summed E-state index contributed by atoms with van der Waals surface area (Å²) in [7, 11) is 0. The van der Waals surface area contributed by atoms with Gasteiger partial charge in [-0.3, -0.25) is 0 Å². The van der Waals surface area contributed by atoms with Gasteiger partial charge in [-0.1, -0.05) is 36.4 Å². The lowest BCUT2D eigenvalue weighted by Gasteiger charge is -2.45. The molecular weight excluding hydrogens is 314 g/mol. The maximum atomic E-state index is 12.7. The Morgan fingerprint density at radius 1 is 1.12 bits per heavy atom. The molecule has 2 aliphatic rings. The molecule has 25 heavy (non-hydrogen) atoms. The maximum Gasteiger partial charge on any atom is 0.410 e. The van der Waals surface area contributed by atoms with Crippen LogP contribution in [-0.4, -0.2) is 34.3 Å². The molecule has 1 saturated heterocycles. The fourth-order valence-corrected chi connectivity index (χ4v) is 4.19. The molecule has 4 nitrogen and oxygen atoms in total. The highest BCUT2D eigenvalue weighted by Crippen LogP contribution is 2.39. The molecule has 0 bridgehead atoms. The fraction of sp³-hybridized carbons (Fsp3) is 0.476. The van der Waals surface area contributed by atoms with Crippen LogP contribution >= 0.6 is 0 Å². The van der Waals surface area contributed by atoms with Crippen molar-refractivity contribution in [3.63, 3.8) is 0 Å². The number of carbonyl (C=O) groups excluding carboxylic acids is 1. The van der Waals surface area contributed by atoms with Crippen LogP contribution in [0.15, 0.2) is 42.5 Å². The second kappa shape index (κ2) is 6.34. The molecule has 4 rings (SSSR count). The minimum atomic E-state index is -0.351. The number of benzene rings is 2. The first-order valence-electron chi connectivity index (χ1n) is 9.23. The largest absolute Gasteiger partial charge is 0.443 e. The third-order valence-corrected chi connectivity index (χ3v) is 5.94. The van der Waals surface area contributed by atoms with Crippen molar-refractivity contribution in [2.24, 2.45) is 0 Å². The molecule has 1 N–H and O–H groups in total. The molecule has 1 aliphatic carbocycles. The van der Waals surface area contributed by atoms with Gasteiger partial charge in [0.15, 0.2) is 0 Å². The van der Waals surface area contributed by atoms with E-state index in [1.54, 1.807) is 0 Å². The van der Waals surface area contributed by atoms with E-state index in [0.29, 0.717) is 6.54 Å². The van der Waals surface area contributed by atoms with Crippen LogP contribution in [0.1, 0.15) is 50.6 Å². The first kappa shape index (κ1) is 16.4. The van der Waals surface area contributed by atoms with Gasteiger partial charge < -0.3 is 14.7 Å². The number of nitrogens with zero attached hydrogens (tertiary/aromatic N) is 1. The Balaban J connectivity index is 1.50. The van der Waals surface area contributed by atoms with Crippen molar-refractivity contribution >= 4 is 16.9 Å². The number of carbonyl (C=O) groups is 1. The number of ether oxygens (including phenoxy) is 1. The van der Waals surface area contributed by atoms with Gasteiger partial charge in [0.2, 0.25) is 0 Å². The SMILES string of the molecule is CC(c1ccc2ccccc2c1)N1CCC2(CCC(O)CC2)OC1=O. The second-order valence-electron chi connectivity index (χ2n) is 7.51. The number of aliphatic hydroxyl groups is 1. The first-order valence-corrected chi connectivity index (χ1v) is 9.23. The zero-order chi connectivity index (χ0) is 17.4. The van der Waals surface area contributed by atoms with E-state index in [0.717, 1.165) is 37.7 Å². The topological polar surface area (TPSA) is 49.8 Å². The molecule has 1 spiro atoms. The van der Waals surface area contributed by atoms with Crippen molar-refractivity contribution in [3.8, 4) is 0 Å². The van der Waals surface area contributed by atoms with Crippen molar-refractivity contribution in [2.45, 2.75) is 56.8 Å². The molecular formula is C21H25NO3. The molecule has 2 aromatic rings. The zero-order valence-corrected chi connectivity index (χ0v) is 14.6. The molecule has 0 aromatic heterocycles. The first-order chi connectivity index (χ1) is 12.1. The lowest BCUT2D eigenvalue weighted by molar-refractivity contribution is -0.0907. The van der Waals surface area contributed by atoms with Gasteiger partial charge in [0.25, 0.3) is 0 Å². The Labute approximate surface area is 148 Å². The van der Waals surface area contributed by atoms with E-state index in [9.17, 15) is 9.90 Å². The van der Waals surface area contributed by atoms with Crippen molar-refractivity contribution in [3.05, 3.63) is 48.0 Å². The number of amides is 1. The van der Waals surface area contributed by atoms with Crippen molar-refractivity contribution in [1.82, 2.24) is 4.90 Å². The van der Waals surface area contributed by atoms with Gasteiger partial charge in [-0.15, -0.1) is 0 Å². The molecule has 2 aromatic carbocycles. The van der Waals surface area contributed by atoms with Crippen LogP contribution < -0.4 is 0 Å². The second-order valence-corrected chi connectivity index (χ2v) is 7.51. The lowest BCUT2D eigenvalue weighted by Crippen LogP contribution is -2.52. The molecule has 0 radical (unpaired) electrons. The molecule has 4 heteroatoms. The van der Waals surface area contributed by atoms with Gasteiger partial charge in [0.1, 0.15) is 5.60 Å². The van der Waals surface area contributed by atoms with Crippen LogP contribution in [0.25, 0.3) is 10.8 Å². The third kappa shape index (κ3) is 3.11. The lowest BCUT2D eigenvalue weighted by atomic mass is 9.80. The third-order valence-electron chi connectivity index (χ3n) is 5.94. The Kier molecular flexibility index (Phi) is 4.16. The van der Waals surface area contributed by atoms with Crippen LogP contribution in [0.5, 0.6) is 0 Å². The van der Waals surface area contributed by atoms with Crippen LogP contribution in [-0.2, 0) is 4.74 Å². The highest BCUT2D eigenvalue weighted by molar-refractivity contribution is 5.83. The molecule has 1 saturated carbocycles. The summed E-state index contributed by atoms with van der Waals surface area (Å²) in [4.78, 5) is 14.5. The van der Waals surface area contributed by atoms with Crippen LogP contribution in [0, 0.1) is 0 Å². The number of fused-ring (bicyclic) bond motifs is 1. The Morgan fingerprint density at radius 2 is 1.84 bits per heavy atom. The normalized spacial score (nSPS) is 28.2. The summed E-state index contributed by atoms with van der Waals surface area (Å²) in [5.74, 6) is 0. The number of hydrogen-bond acceptors (Lipinski definition) is 3. The number of hydrogen-bond donors (Lipinski definition) is 1. The summed E-state index contributed by atoms with van der Waals surface area (Å²) in [5, 5.41) is 12.1. The molecule has 132 valence electrons. The van der Waals surface area contributed by atoms with Crippen LogP contribution in [0.3, 0.4) is 0 Å².